The number of benzene rings is 2. The van der Waals surface area contributed by atoms with Crippen LogP contribution < -0.4 is 4.74 Å². The quantitative estimate of drug-likeness (QED) is 0.666. The molecule has 0 saturated heterocycles. The van der Waals surface area contributed by atoms with E-state index in [1.54, 1.807) is 12.1 Å². The average Bonchev–Trinajstić information content (AvgIpc) is 3.18. The monoisotopic (exact) mass is 389 g/mol. The molecule has 29 heavy (non-hydrogen) atoms. The van der Waals surface area contributed by atoms with Gasteiger partial charge in [-0.3, -0.25) is 4.79 Å². The average molecular weight is 389 g/mol. The van der Waals surface area contributed by atoms with Crippen molar-refractivity contribution >= 4 is 22.8 Å². The molecule has 1 aliphatic heterocycles. The summed E-state index contributed by atoms with van der Waals surface area (Å²) in [6.07, 6.45) is 3.47. The van der Waals surface area contributed by atoms with Gasteiger partial charge in [0.2, 0.25) is 5.78 Å². The van der Waals surface area contributed by atoms with E-state index in [0.717, 1.165) is 23.5 Å². The summed E-state index contributed by atoms with van der Waals surface area (Å²) in [5, 5.41) is 29.9. The van der Waals surface area contributed by atoms with Crippen LogP contribution in [-0.2, 0) is 6.54 Å². The summed E-state index contributed by atoms with van der Waals surface area (Å²) in [6, 6.07) is 10.1. The zero-order valence-corrected chi connectivity index (χ0v) is 16.0. The molecule has 7 nitrogen and oxygen atoms in total. The molecule has 2 N–H and O–H groups in total. The van der Waals surface area contributed by atoms with Gasteiger partial charge in [0.1, 0.15) is 22.8 Å². The van der Waals surface area contributed by atoms with Crippen molar-refractivity contribution in [3.05, 3.63) is 59.0 Å². The van der Waals surface area contributed by atoms with Gasteiger partial charge < -0.3 is 24.4 Å². The van der Waals surface area contributed by atoms with E-state index in [0.29, 0.717) is 17.7 Å². The number of ketones is 1. The van der Waals surface area contributed by atoms with Gasteiger partial charge in [0.05, 0.1) is 11.6 Å². The number of hydrogen-bond donors (Lipinski definition) is 2. The minimum Gasteiger partial charge on any atom is -0.508 e. The van der Waals surface area contributed by atoms with Crippen LogP contribution in [0.15, 0.2) is 42.3 Å². The van der Waals surface area contributed by atoms with E-state index in [1.165, 1.54) is 6.07 Å². The van der Waals surface area contributed by atoms with E-state index < -0.39 is 5.78 Å². The smallest absolute Gasteiger partial charge is 0.235 e. The number of phenols is 2. The van der Waals surface area contributed by atoms with Gasteiger partial charge in [-0.15, -0.1) is 0 Å². The third-order valence-electron chi connectivity index (χ3n) is 4.87. The number of ether oxygens (including phenoxy) is 1. The van der Waals surface area contributed by atoms with Crippen LogP contribution in [-0.4, -0.2) is 46.1 Å². The number of aromatic hydroxyl groups is 2. The number of carbonyl (C=O) groups is 1. The molecule has 3 aromatic rings. The van der Waals surface area contributed by atoms with E-state index in [4.69, 9.17) is 4.74 Å². The number of phenolic OH excluding ortho intramolecular Hbond substituents is 2. The van der Waals surface area contributed by atoms with Gasteiger partial charge in [0.15, 0.2) is 5.76 Å². The molecule has 0 saturated carbocycles. The lowest BCUT2D eigenvalue weighted by molar-refractivity contribution is 0.101. The second kappa shape index (κ2) is 7.00. The van der Waals surface area contributed by atoms with E-state index in [1.807, 2.05) is 37.0 Å². The molecule has 0 spiro atoms. The Morgan fingerprint density at radius 3 is 2.79 bits per heavy atom. The third kappa shape index (κ3) is 3.20. The number of carbonyl (C=O) groups excluding carboxylic acids is 1. The Balaban J connectivity index is 1.83. The van der Waals surface area contributed by atoms with E-state index in [-0.39, 0.29) is 28.6 Å². The number of nitriles is 1. The molecule has 0 atom stereocenters. The van der Waals surface area contributed by atoms with Gasteiger partial charge in [-0.1, -0.05) is 6.07 Å². The van der Waals surface area contributed by atoms with Crippen LogP contribution >= 0.6 is 0 Å². The maximum atomic E-state index is 12.7. The molecule has 0 unspecified atom stereocenters. The van der Waals surface area contributed by atoms with Crippen molar-refractivity contribution in [2.24, 2.45) is 0 Å². The number of allylic oxidation sites excluding steroid dienone is 1. The van der Waals surface area contributed by atoms with Crippen LogP contribution in [0.2, 0.25) is 0 Å². The number of hydrogen-bond acceptors (Lipinski definition) is 6. The standard InChI is InChI=1S/C22H19N3O4/c1-24(2)6-7-25-12-14(20-13(11-23)4-3-5-16(20)25)8-19-22(28)21-17(27)9-15(26)10-18(21)29-19/h3-5,8-10,12,26-27H,6-7H2,1-2H3/b19-8+. The predicted octanol–water partition coefficient (Wildman–Crippen LogP) is 3.10. The number of aromatic nitrogens is 1. The first-order chi connectivity index (χ1) is 13.9. The normalized spacial score (nSPS) is 14.4. The largest absolute Gasteiger partial charge is 0.508 e. The van der Waals surface area contributed by atoms with Crippen molar-refractivity contribution in [2.75, 3.05) is 20.6 Å². The highest BCUT2D eigenvalue weighted by Gasteiger charge is 2.31. The maximum Gasteiger partial charge on any atom is 0.235 e. The van der Waals surface area contributed by atoms with E-state index >= 15 is 0 Å². The van der Waals surface area contributed by atoms with Gasteiger partial charge in [-0.05, 0) is 32.3 Å². The Hall–Kier alpha value is -3.76. The van der Waals surface area contributed by atoms with Crippen LogP contribution in [0.4, 0.5) is 0 Å². The fourth-order valence-corrected chi connectivity index (χ4v) is 3.50. The summed E-state index contributed by atoms with van der Waals surface area (Å²) in [5.74, 6) is -0.862. The number of Topliss-reactive ketones (excluding diaryl/α,β-unsaturated/α-hetero) is 1. The first kappa shape index (κ1) is 18.6. The topological polar surface area (TPSA) is 98.7 Å². The number of rotatable bonds is 4. The van der Waals surface area contributed by atoms with Gasteiger partial charge >= 0.3 is 0 Å². The summed E-state index contributed by atoms with van der Waals surface area (Å²) in [5.41, 5.74) is 2.09. The number of fused-ring (bicyclic) bond motifs is 2. The molecular formula is C22H19N3O4. The molecule has 0 bridgehead atoms. The second-order valence-corrected chi connectivity index (χ2v) is 7.17. The Morgan fingerprint density at radius 2 is 2.07 bits per heavy atom. The molecule has 0 aliphatic carbocycles. The van der Waals surface area contributed by atoms with Crippen LogP contribution in [0.5, 0.6) is 17.2 Å². The highest BCUT2D eigenvalue weighted by atomic mass is 16.5. The highest BCUT2D eigenvalue weighted by Crippen LogP contribution is 2.41. The van der Waals surface area contributed by atoms with E-state index in [9.17, 15) is 20.3 Å². The van der Waals surface area contributed by atoms with Crippen molar-refractivity contribution < 1.29 is 19.7 Å². The van der Waals surface area contributed by atoms with Gasteiger partial charge in [0.25, 0.3) is 0 Å². The fraction of sp³-hybridized carbons (Fsp3) is 0.182. The fourth-order valence-electron chi connectivity index (χ4n) is 3.50. The Bertz CT molecular complexity index is 1220. The van der Waals surface area contributed by atoms with Crippen LogP contribution in [0.3, 0.4) is 0 Å². The maximum absolute atomic E-state index is 12.7. The number of likely N-dealkylation sites (N-methyl/N-ethyl adjacent to an activating group) is 1. The highest BCUT2D eigenvalue weighted by molar-refractivity contribution is 6.17. The lowest BCUT2D eigenvalue weighted by Gasteiger charge is -2.11. The molecule has 0 amide bonds. The van der Waals surface area contributed by atoms with Crippen LogP contribution in [0.25, 0.3) is 17.0 Å². The molecule has 146 valence electrons. The predicted molar refractivity (Wildman–Crippen MR) is 108 cm³/mol. The SMILES string of the molecule is CN(C)CCn1cc(/C=C2/Oc3cc(O)cc(O)c3C2=O)c2c(C#N)cccc21. The second-order valence-electron chi connectivity index (χ2n) is 7.17. The zero-order chi connectivity index (χ0) is 20.7. The molecule has 1 aromatic heterocycles. The lowest BCUT2D eigenvalue weighted by atomic mass is 10.0. The summed E-state index contributed by atoms with van der Waals surface area (Å²) in [4.78, 5) is 14.8. The van der Waals surface area contributed by atoms with Crippen LogP contribution in [0, 0.1) is 11.3 Å². The van der Waals surface area contributed by atoms with Crippen molar-refractivity contribution in [3.8, 4) is 23.3 Å². The Morgan fingerprint density at radius 1 is 1.28 bits per heavy atom. The van der Waals surface area contributed by atoms with Crippen molar-refractivity contribution in [1.82, 2.24) is 9.47 Å². The summed E-state index contributed by atoms with van der Waals surface area (Å²) >= 11 is 0. The van der Waals surface area contributed by atoms with Gasteiger partial charge in [0, 0.05) is 47.9 Å². The summed E-state index contributed by atoms with van der Waals surface area (Å²) in [7, 11) is 3.97. The lowest BCUT2D eigenvalue weighted by Crippen LogP contribution is -2.17. The summed E-state index contributed by atoms with van der Waals surface area (Å²) < 4.78 is 7.65. The Kier molecular flexibility index (Phi) is 4.49. The first-order valence-corrected chi connectivity index (χ1v) is 9.06. The van der Waals surface area contributed by atoms with E-state index in [2.05, 4.69) is 11.0 Å². The van der Waals surface area contributed by atoms with Crippen molar-refractivity contribution in [1.29, 1.82) is 5.26 Å². The Labute approximate surface area is 167 Å². The minimum absolute atomic E-state index is 0.0194. The third-order valence-corrected chi connectivity index (χ3v) is 4.87. The molecule has 7 heteroatoms. The number of nitrogens with zero attached hydrogens (tertiary/aromatic N) is 3. The minimum atomic E-state index is -0.471. The molecule has 2 heterocycles. The summed E-state index contributed by atoms with van der Waals surface area (Å²) in [6.45, 7) is 1.52. The van der Waals surface area contributed by atoms with Crippen molar-refractivity contribution in [2.45, 2.75) is 6.54 Å². The molecule has 0 fully saturated rings. The van der Waals surface area contributed by atoms with Crippen LogP contribution in [0.1, 0.15) is 21.5 Å². The molecule has 0 radical (unpaired) electrons. The molecule has 2 aromatic carbocycles. The van der Waals surface area contributed by atoms with Gasteiger partial charge in [-0.25, -0.2) is 0 Å². The molecule has 1 aliphatic rings. The zero-order valence-electron chi connectivity index (χ0n) is 16.0. The molecule has 4 rings (SSSR count). The van der Waals surface area contributed by atoms with Gasteiger partial charge in [-0.2, -0.15) is 5.26 Å². The van der Waals surface area contributed by atoms with Crippen molar-refractivity contribution in [3.63, 3.8) is 0 Å². The first-order valence-electron chi connectivity index (χ1n) is 9.06. The molecular weight excluding hydrogens is 370 g/mol.